The maximum Gasteiger partial charge on any atom is 0.230 e. The van der Waals surface area contributed by atoms with Crippen LogP contribution in [0.4, 0.5) is 5.82 Å². The van der Waals surface area contributed by atoms with E-state index in [4.69, 9.17) is 16.3 Å². The number of benzene rings is 2. The Morgan fingerprint density at radius 2 is 1.90 bits per heavy atom. The number of halogens is 1. The summed E-state index contributed by atoms with van der Waals surface area (Å²) in [6.45, 7) is 6.29. The van der Waals surface area contributed by atoms with E-state index in [0.29, 0.717) is 17.3 Å². The number of carbonyl (C=O) groups is 1. The van der Waals surface area contributed by atoms with E-state index in [2.05, 4.69) is 29.0 Å². The molecule has 0 radical (unpaired) electrons. The molecular formula is C24H26ClN3O2S. The average Bonchev–Trinajstić information content (AvgIpc) is 2.76. The normalized spacial score (nSPS) is 18.9. The molecule has 1 fully saturated rings. The molecule has 2 atom stereocenters. The zero-order valence-corrected chi connectivity index (χ0v) is 19.2. The van der Waals surface area contributed by atoms with Gasteiger partial charge in [0.15, 0.2) is 0 Å². The summed E-state index contributed by atoms with van der Waals surface area (Å²) in [5, 5.41) is 5.76. The highest BCUT2D eigenvalue weighted by Crippen LogP contribution is 2.33. The first kappa shape index (κ1) is 21.9. The van der Waals surface area contributed by atoms with Gasteiger partial charge in [-0.3, -0.25) is 4.79 Å². The fraction of sp³-hybridized carbons (Fsp3) is 0.333. The maximum absolute atomic E-state index is 12.4. The summed E-state index contributed by atoms with van der Waals surface area (Å²) in [5.74, 6) is 1.26. The van der Waals surface area contributed by atoms with Gasteiger partial charge in [0.2, 0.25) is 5.91 Å². The fourth-order valence-corrected chi connectivity index (χ4v) is 5.13. The van der Waals surface area contributed by atoms with Crippen LogP contribution < -0.4 is 10.2 Å². The summed E-state index contributed by atoms with van der Waals surface area (Å²) in [6.07, 6.45) is 2.22. The standard InChI is InChI=1S/C24H26ClN3O2S/c1-16-13-28(14-17(2)30-16)22-10-9-18(11-26-22)12-27-23(29)15-31-21-8-4-6-19-5-3-7-20(25)24(19)21/h3-11,16-17H,12-15H2,1-2H3,(H,27,29). The monoisotopic (exact) mass is 455 g/mol. The Bertz CT molecular complexity index is 1050. The number of morpholine rings is 1. The number of hydrogen-bond donors (Lipinski definition) is 1. The van der Waals surface area contributed by atoms with Gasteiger partial charge in [-0.1, -0.05) is 41.9 Å². The Hall–Kier alpha value is -2.28. The van der Waals surface area contributed by atoms with Gasteiger partial charge in [-0.25, -0.2) is 4.98 Å². The number of fused-ring (bicyclic) bond motifs is 1. The van der Waals surface area contributed by atoms with E-state index in [9.17, 15) is 4.79 Å². The number of carbonyl (C=O) groups excluding carboxylic acids is 1. The number of ether oxygens (including phenoxy) is 1. The van der Waals surface area contributed by atoms with E-state index >= 15 is 0 Å². The molecule has 0 bridgehead atoms. The van der Waals surface area contributed by atoms with Crippen molar-refractivity contribution in [1.82, 2.24) is 10.3 Å². The van der Waals surface area contributed by atoms with Gasteiger partial charge in [-0.2, -0.15) is 0 Å². The van der Waals surface area contributed by atoms with Crippen LogP contribution >= 0.6 is 23.4 Å². The summed E-state index contributed by atoms with van der Waals surface area (Å²) in [6, 6.07) is 15.9. The minimum Gasteiger partial charge on any atom is -0.372 e. The first-order chi connectivity index (χ1) is 15.0. The summed E-state index contributed by atoms with van der Waals surface area (Å²) >= 11 is 7.87. The average molecular weight is 456 g/mol. The van der Waals surface area contributed by atoms with E-state index in [0.717, 1.165) is 40.1 Å². The number of rotatable bonds is 6. The lowest BCUT2D eigenvalue weighted by atomic mass is 10.1. The first-order valence-corrected chi connectivity index (χ1v) is 11.8. The lowest BCUT2D eigenvalue weighted by Gasteiger charge is -2.36. The zero-order valence-electron chi connectivity index (χ0n) is 17.7. The minimum absolute atomic E-state index is 0.0195. The Labute approximate surface area is 192 Å². The highest BCUT2D eigenvalue weighted by Gasteiger charge is 2.23. The molecule has 2 unspecified atom stereocenters. The maximum atomic E-state index is 12.4. The van der Waals surface area contributed by atoms with Crippen LogP contribution in [0.15, 0.2) is 59.6 Å². The van der Waals surface area contributed by atoms with Gasteiger partial charge in [0.05, 0.1) is 18.0 Å². The van der Waals surface area contributed by atoms with Crippen LogP contribution in [0.1, 0.15) is 19.4 Å². The highest BCUT2D eigenvalue weighted by atomic mass is 35.5. The third-order valence-electron chi connectivity index (χ3n) is 5.22. The molecule has 2 aromatic carbocycles. The number of hydrogen-bond acceptors (Lipinski definition) is 5. The van der Waals surface area contributed by atoms with Crippen LogP contribution in [0.2, 0.25) is 5.02 Å². The van der Waals surface area contributed by atoms with Crippen molar-refractivity contribution in [1.29, 1.82) is 0 Å². The molecule has 5 nitrogen and oxygen atoms in total. The second-order valence-corrected chi connectivity index (χ2v) is 9.27. The van der Waals surface area contributed by atoms with E-state index < -0.39 is 0 Å². The second-order valence-electron chi connectivity index (χ2n) is 7.85. The molecule has 1 saturated heterocycles. The van der Waals surface area contributed by atoms with Crippen molar-refractivity contribution in [3.8, 4) is 0 Å². The molecule has 1 N–H and O–H groups in total. The minimum atomic E-state index is -0.0195. The summed E-state index contributed by atoms with van der Waals surface area (Å²) in [5.41, 5.74) is 0.977. The third kappa shape index (κ3) is 5.50. The van der Waals surface area contributed by atoms with Gasteiger partial charge in [-0.05, 0) is 43.0 Å². The lowest BCUT2D eigenvalue weighted by Crippen LogP contribution is -2.45. The number of thioether (sulfide) groups is 1. The molecule has 1 aromatic heterocycles. The second kappa shape index (κ2) is 9.90. The molecule has 162 valence electrons. The van der Waals surface area contributed by atoms with Gasteiger partial charge in [-0.15, -0.1) is 11.8 Å². The quantitative estimate of drug-likeness (QED) is 0.535. The molecule has 2 heterocycles. The summed E-state index contributed by atoms with van der Waals surface area (Å²) in [7, 11) is 0. The number of nitrogens with one attached hydrogen (secondary N) is 1. The van der Waals surface area contributed by atoms with Crippen molar-refractivity contribution >= 4 is 45.9 Å². The molecule has 1 amide bonds. The van der Waals surface area contributed by atoms with Crippen molar-refractivity contribution in [3.63, 3.8) is 0 Å². The molecule has 4 rings (SSSR count). The molecular weight excluding hydrogens is 430 g/mol. The molecule has 1 aliphatic rings. The zero-order chi connectivity index (χ0) is 21.8. The van der Waals surface area contributed by atoms with Crippen molar-refractivity contribution in [2.24, 2.45) is 0 Å². The number of anilines is 1. The van der Waals surface area contributed by atoms with E-state index in [1.165, 1.54) is 11.8 Å². The Balaban J connectivity index is 1.30. The van der Waals surface area contributed by atoms with Gasteiger partial charge < -0.3 is 15.0 Å². The van der Waals surface area contributed by atoms with Crippen molar-refractivity contribution in [2.45, 2.75) is 37.5 Å². The molecule has 1 aliphatic heterocycles. The van der Waals surface area contributed by atoms with E-state index in [1.807, 2.05) is 54.7 Å². The van der Waals surface area contributed by atoms with Crippen molar-refractivity contribution in [3.05, 3.63) is 65.3 Å². The van der Waals surface area contributed by atoms with Gasteiger partial charge in [0.25, 0.3) is 0 Å². The summed E-state index contributed by atoms with van der Waals surface area (Å²) < 4.78 is 5.79. The van der Waals surface area contributed by atoms with Crippen LogP contribution in [0.3, 0.4) is 0 Å². The molecule has 7 heteroatoms. The number of aromatic nitrogens is 1. The topological polar surface area (TPSA) is 54.5 Å². The number of pyridine rings is 1. The van der Waals surface area contributed by atoms with Crippen molar-refractivity contribution < 1.29 is 9.53 Å². The largest absolute Gasteiger partial charge is 0.372 e. The molecule has 0 saturated carbocycles. The van der Waals surface area contributed by atoms with Crippen molar-refractivity contribution in [2.75, 3.05) is 23.7 Å². The third-order valence-corrected chi connectivity index (χ3v) is 6.59. The van der Waals surface area contributed by atoms with Gasteiger partial charge >= 0.3 is 0 Å². The Morgan fingerprint density at radius 1 is 1.16 bits per heavy atom. The predicted molar refractivity (Wildman–Crippen MR) is 128 cm³/mol. The molecule has 31 heavy (non-hydrogen) atoms. The predicted octanol–water partition coefficient (Wildman–Crippen LogP) is 4.91. The van der Waals surface area contributed by atoms with Crippen LogP contribution in [-0.4, -0.2) is 41.9 Å². The number of nitrogens with zero attached hydrogens (tertiary/aromatic N) is 2. The van der Waals surface area contributed by atoms with Gasteiger partial charge in [0.1, 0.15) is 5.82 Å². The SMILES string of the molecule is CC1CN(c2ccc(CNC(=O)CSc3cccc4cccc(Cl)c34)cn2)CC(C)O1. The van der Waals surface area contributed by atoms with Gasteiger partial charge in [0, 0.05) is 41.1 Å². The fourth-order valence-electron chi connectivity index (χ4n) is 3.85. The summed E-state index contributed by atoms with van der Waals surface area (Å²) in [4.78, 5) is 20.2. The van der Waals surface area contributed by atoms with Crippen LogP contribution in [-0.2, 0) is 16.1 Å². The Kier molecular flexibility index (Phi) is 7.00. The molecule has 0 spiro atoms. The molecule has 0 aliphatic carbocycles. The first-order valence-electron chi connectivity index (χ1n) is 10.4. The Morgan fingerprint density at radius 3 is 2.61 bits per heavy atom. The number of amides is 1. The van der Waals surface area contributed by atoms with E-state index in [1.54, 1.807) is 0 Å². The van der Waals surface area contributed by atoms with E-state index in [-0.39, 0.29) is 18.1 Å². The molecule has 3 aromatic rings. The highest BCUT2D eigenvalue weighted by molar-refractivity contribution is 8.00. The lowest BCUT2D eigenvalue weighted by molar-refractivity contribution is -0.118. The smallest absolute Gasteiger partial charge is 0.230 e. The van der Waals surface area contributed by atoms with Crippen LogP contribution in [0.5, 0.6) is 0 Å². The van der Waals surface area contributed by atoms with Crippen LogP contribution in [0, 0.1) is 0 Å². The van der Waals surface area contributed by atoms with Crippen LogP contribution in [0.25, 0.3) is 10.8 Å².